The van der Waals surface area contributed by atoms with Gasteiger partial charge in [-0.1, -0.05) is 0 Å². The zero-order valence-corrected chi connectivity index (χ0v) is 60.6. The van der Waals surface area contributed by atoms with Crippen LogP contribution in [-0.2, 0) is 0 Å². The Balaban J connectivity index is -0.0000000361. The second-order valence-corrected chi connectivity index (χ2v) is 33.4. The zero-order valence-electron chi connectivity index (χ0n) is 60.6. The van der Waals surface area contributed by atoms with Gasteiger partial charge in [-0.2, -0.15) is 0 Å². The average molecular weight is 1120 g/mol. The second-order valence-electron chi connectivity index (χ2n) is 33.4. The Hall–Kier alpha value is -0.700. The molecular formula is C48H144B4N12O12. The lowest BCUT2D eigenvalue weighted by Crippen LogP contribution is -2.56. The second kappa shape index (κ2) is 57.5. The molecule has 0 rings (SSSR count). The van der Waals surface area contributed by atoms with Gasteiger partial charge in [-0.3, -0.25) is 29.3 Å². The largest absolute Gasteiger partial charge is 0.907 e. The van der Waals surface area contributed by atoms with E-state index in [1.807, 2.05) is 0 Å². The SMILES string of the molecule is C[N+](C)(C)C.C[N+](C)(C)C.C[N+](C)(C)C.C[N+](C)(C)C.C[N+](C)(C)C.C[N+](C)(C)C.C[N+](C)(C)C.C[N+](C)(C)C.C[N+](C)(C)C.C[N+](C)(C)C.C[N+](C)(C)C.C[N+](C)(C)C.[O-]B([O-])[O-].[O-]B([O-])[O-].[O-]B([O-])[O-].[O-]B([O-])[O-]. The molecule has 480 valence electrons. The van der Waals surface area contributed by atoms with Gasteiger partial charge < -0.3 is 114 Å². The van der Waals surface area contributed by atoms with Gasteiger partial charge in [0.2, 0.25) is 0 Å². The maximum Gasteiger partial charge on any atom is 0.0675 e. The van der Waals surface area contributed by atoms with E-state index in [4.69, 9.17) is 60.3 Å². The maximum absolute atomic E-state index is 8.42. The molecule has 0 spiro atoms. The van der Waals surface area contributed by atoms with Gasteiger partial charge >= 0.3 is 0 Å². The molecule has 0 N–H and O–H groups in total. The Kier molecular flexibility index (Phi) is 89.5. The first-order chi connectivity index (χ1) is 30.9. The number of hydrogen-bond acceptors (Lipinski definition) is 12. The van der Waals surface area contributed by atoms with E-state index in [0.717, 1.165) is 53.8 Å². The van der Waals surface area contributed by atoms with E-state index >= 15 is 0 Å². The lowest BCUT2D eigenvalue weighted by Gasteiger charge is -2.35. The van der Waals surface area contributed by atoms with Crippen molar-refractivity contribution in [3.05, 3.63) is 0 Å². The van der Waals surface area contributed by atoms with Crippen LogP contribution in [0.2, 0.25) is 0 Å². The highest BCUT2D eigenvalue weighted by molar-refractivity contribution is 6.24. The predicted molar refractivity (Wildman–Crippen MR) is 310 cm³/mol. The van der Waals surface area contributed by atoms with Gasteiger partial charge in [0.1, 0.15) is 0 Å². The third kappa shape index (κ3) is 781000. The normalized spacial score (nSPS) is 10.9. The topological polar surface area (TPSA) is 277 Å². The van der Waals surface area contributed by atoms with Gasteiger partial charge in [-0.15, -0.1) is 0 Å². The summed E-state index contributed by atoms with van der Waals surface area (Å²) in [4.78, 5) is 0. The lowest BCUT2D eigenvalue weighted by molar-refractivity contribution is -0.849. The van der Waals surface area contributed by atoms with Crippen LogP contribution < -0.4 is 60.3 Å². The third-order valence-electron chi connectivity index (χ3n) is 0. The van der Waals surface area contributed by atoms with Crippen LogP contribution in [-0.4, -0.2) is 421 Å². The summed E-state index contributed by atoms with van der Waals surface area (Å²) in [6.45, 7) is 0. The van der Waals surface area contributed by atoms with Crippen LogP contribution in [0, 0.1) is 0 Å². The van der Waals surface area contributed by atoms with E-state index in [9.17, 15) is 0 Å². The molecule has 76 heavy (non-hydrogen) atoms. The van der Waals surface area contributed by atoms with Gasteiger partial charge in [0.15, 0.2) is 0 Å². The van der Waals surface area contributed by atoms with Gasteiger partial charge in [0.25, 0.3) is 0 Å². The molecule has 0 aromatic carbocycles. The fourth-order valence-electron chi connectivity index (χ4n) is 0. The molecule has 0 aliphatic heterocycles. The van der Waals surface area contributed by atoms with Gasteiger partial charge in [0, 0.05) is 0 Å². The highest BCUT2D eigenvalue weighted by Gasteiger charge is 1.93. The summed E-state index contributed by atoms with van der Waals surface area (Å²) >= 11 is 0. The maximum atomic E-state index is 8.42. The summed E-state index contributed by atoms with van der Waals surface area (Å²) < 4.78 is 12.0. The Bertz CT molecular complexity index is 699. The van der Waals surface area contributed by atoms with E-state index in [0.29, 0.717) is 0 Å². The summed E-state index contributed by atoms with van der Waals surface area (Å²) in [6.07, 6.45) is 0. The van der Waals surface area contributed by atoms with Gasteiger partial charge in [0.05, 0.1) is 338 Å². The smallest absolute Gasteiger partial charge is 0.0675 e. The quantitative estimate of drug-likeness (QED) is 0.162. The van der Waals surface area contributed by atoms with E-state index in [-0.39, 0.29) is 0 Å². The molecule has 0 saturated carbocycles. The highest BCUT2D eigenvalue weighted by Crippen LogP contribution is 1.78. The number of nitrogens with zero attached hydrogens (tertiary/aromatic N) is 12. The first-order valence-corrected chi connectivity index (χ1v) is 24.3. The first kappa shape index (κ1) is 118. The summed E-state index contributed by atoms with van der Waals surface area (Å²) in [5, 5.41) is 101. The van der Waals surface area contributed by atoms with Crippen molar-refractivity contribution in [3.8, 4) is 0 Å². The van der Waals surface area contributed by atoms with Crippen LogP contribution in [0.4, 0.5) is 0 Å². The van der Waals surface area contributed by atoms with E-state index in [2.05, 4.69) is 338 Å². The standard InChI is InChI=1S/12C4H12N.4BO3/c12*1-5(2,3)4;4*2-1(3)4/h12*1-4H3;;;;/q12*+1;4*-3. The first-order valence-electron chi connectivity index (χ1n) is 24.3. The molecule has 0 radical (unpaired) electrons. The molecule has 24 nitrogen and oxygen atoms in total. The minimum atomic E-state index is -2.92. The van der Waals surface area contributed by atoms with Crippen LogP contribution >= 0.6 is 0 Å². The lowest BCUT2D eigenvalue weighted by atomic mass is 10.3. The minimum Gasteiger partial charge on any atom is -0.907 e. The molecule has 0 heterocycles. The molecule has 0 aliphatic carbocycles. The molecule has 0 amide bonds. The van der Waals surface area contributed by atoms with E-state index in [1.165, 1.54) is 0 Å². The van der Waals surface area contributed by atoms with E-state index < -0.39 is 29.3 Å². The fraction of sp³-hybridized carbons (Fsp3) is 1.00. The average Bonchev–Trinajstić information content (AvgIpc) is 2.73. The molecule has 0 saturated heterocycles. The van der Waals surface area contributed by atoms with Crippen LogP contribution in [0.1, 0.15) is 0 Å². The molecule has 0 bridgehead atoms. The summed E-state index contributed by atoms with van der Waals surface area (Å²) in [5.74, 6) is 0. The molecule has 28 heteroatoms. The van der Waals surface area contributed by atoms with Crippen molar-refractivity contribution in [2.24, 2.45) is 0 Å². The molecule has 0 atom stereocenters. The molecule has 0 aromatic rings. The Morgan fingerprint density at radius 1 is 0.105 bits per heavy atom. The van der Waals surface area contributed by atoms with Crippen molar-refractivity contribution < 1.29 is 114 Å². The van der Waals surface area contributed by atoms with Crippen molar-refractivity contribution in [2.45, 2.75) is 0 Å². The van der Waals surface area contributed by atoms with Crippen LogP contribution in [0.15, 0.2) is 0 Å². The van der Waals surface area contributed by atoms with Crippen molar-refractivity contribution in [2.75, 3.05) is 338 Å². The molecular weight excluding hydrogens is 980 g/mol. The van der Waals surface area contributed by atoms with Crippen LogP contribution in [0.25, 0.3) is 0 Å². The summed E-state index contributed by atoms with van der Waals surface area (Å²) in [6, 6.07) is 0. The van der Waals surface area contributed by atoms with Crippen LogP contribution in [0.5, 0.6) is 0 Å². The zero-order chi connectivity index (χ0) is 68.3. The molecule has 0 unspecified atom stereocenters. The monoisotopic (exact) mass is 1130 g/mol. The Morgan fingerprint density at radius 2 is 0.105 bits per heavy atom. The van der Waals surface area contributed by atoms with E-state index in [1.54, 1.807) is 0 Å². The summed E-state index contributed by atoms with van der Waals surface area (Å²) in [7, 11) is 90.3. The highest BCUT2D eigenvalue weighted by atomic mass is 16.5. The van der Waals surface area contributed by atoms with Gasteiger partial charge in [-0.05, 0) is 0 Å². The van der Waals surface area contributed by atoms with Crippen LogP contribution in [0.3, 0.4) is 0 Å². The van der Waals surface area contributed by atoms with Gasteiger partial charge in [-0.25, -0.2) is 0 Å². The Labute approximate surface area is 480 Å². The number of rotatable bonds is 0. The third-order valence-corrected chi connectivity index (χ3v) is 0. The van der Waals surface area contributed by atoms with Crippen molar-refractivity contribution in [1.29, 1.82) is 0 Å². The van der Waals surface area contributed by atoms with Crippen molar-refractivity contribution in [1.82, 2.24) is 0 Å². The summed E-state index contributed by atoms with van der Waals surface area (Å²) in [5.41, 5.74) is 0. The fourth-order valence-corrected chi connectivity index (χ4v) is 0. The number of hydrogen-bond donors (Lipinski definition) is 0. The Morgan fingerprint density at radius 3 is 0.105 bits per heavy atom. The number of quaternary nitrogens is 12. The van der Waals surface area contributed by atoms with Crippen molar-refractivity contribution >= 4 is 29.3 Å². The molecule has 0 aromatic heterocycles. The molecule has 0 fully saturated rings. The minimum absolute atomic E-state index is 1.00. The predicted octanol–water partition coefficient (Wildman–Crippen LogP) is -11.9. The van der Waals surface area contributed by atoms with Crippen molar-refractivity contribution in [3.63, 3.8) is 0 Å². The molecule has 0 aliphatic rings.